The van der Waals surface area contributed by atoms with Crippen LogP contribution in [0.15, 0.2) is 60.8 Å². The minimum atomic E-state index is -0.435. The normalized spacial score (nSPS) is 10.6. The summed E-state index contributed by atoms with van der Waals surface area (Å²) >= 11 is 0. The van der Waals surface area contributed by atoms with E-state index < -0.39 is 5.82 Å². The highest BCUT2D eigenvalue weighted by molar-refractivity contribution is 5.33. The highest BCUT2D eigenvalue weighted by Gasteiger charge is 2.09. The van der Waals surface area contributed by atoms with Crippen molar-refractivity contribution in [3.8, 4) is 17.4 Å². The first-order chi connectivity index (χ1) is 13.2. The largest absolute Gasteiger partial charge is 0.479 e. The molecular weight excluding hydrogens is 350 g/mol. The first kappa shape index (κ1) is 18.8. The number of nitrogens with one attached hydrogen (secondary N) is 1. The second kappa shape index (κ2) is 9.09. The van der Waals surface area contributed by atoms with Crippen molar-refractivity contribution >= 4 is 0 Å². The average Bonchev–Trinajstić information content (AvgIpc) is 2.69. The molecular formula is C21H20F2N2O2. The Bertz CT molecular complexity index is 868. The van der Waals surface area contributed by atoms with Crippen molar-refractivity contribution in [1.82, 2.24) is 10.3 Å². The number of benzene rings is 2. The molecule has 0 aliphatic heterocycles. The van der Waals surface area contributed by atoms with Crippen molar-refractivity contribution < 1.29 is 18.3 Å². The molecule has 1 N–H and O–H groups in total. The minimum Gasteiger partial charge on any atom is -0.479 e. The lowest BCUT2D eigenvalue weighted by Crippen LogP contribution is -2.17. The van der Waals surface area contributed by atoms with Crippen LogP contribution < -0.4 is 14.8 Å². The third-order valence-corrected chi connectivity index (χ3v) is 4.01. The zero-order valence-corrected chi connectivity index (χ0v) is 14.9. The maximum atomic E-state index is 14.0. The number of hydrogen-bond donors (Lipinski definition) is 1. The summed E-state index contributed by atoms with van der Waals surface area (Å²) in [6, 6.07) is 15.2. The van der Waals surface area contributed by atoms with Gasteiger partial charge in [-0.05, 0) is 61.0 Å². The summed E-state index contributed by atoms with van der Waals surface area (Å²) in [6.45, 7) is 1.10. The Morgan fingerprint density at radius 3 is 2.26 bits per heavy atom. The van der Waals surface area contributed by atoms with Crippen LogP contribution in [0, 0.1) is 11.6 Å². The van der Waals surface area contributed by atoms with E-state index in [2.05, 4.69) is 10.3 Å². The van der Waals surface area contributed by atoms with Crippen LogP contribution in [0.3, 0.4) is 0 Å². The van der Waals surface area contributed by atoms with E-state index in [-0.39, 0.29) is 11.7 Å². The van der Waals surface area contributed by atoms with Gasteiger partial charge in [0.25, 0.3) is 0 Å². The molecule has 2 aromatic carbocycles. The fourth-order valence-corrected chi connectivity index (χ4v) is 2.56. The second-order valence-corrected chi connectivity index (χ2v) is 5.92. The smallest absolute Gasteiger partial charge is 0.250 e. The van der Waals surface area contributed by atoms with Gasteiger partial charge in [0.05, 0.1) is 7.11 Å². The number of rotatable bonds is 8. The Kier molecular flexibility index (Phi) is 6.33. The molecule has 3 rings (SSSR count). The molecule has 0 amide bonds. The van der Waals surface area contributed by atoms with E-state index >= 15 is 0 Å². The number of hydrogen-bond acceptors (Lipinski definition) is 4. The fraction of sp³-hybridized carbons (Fsp3) is 0.190. The maximum Gasteiger partial charge on any atom is 0.250 e. The monoisotopic (exact) mass is 370 g/mol. The van der Waals surface area contributed by atoms with E-state index in [1.54, 1.807) is 18.2 Å². The molecule has 3 aromatic rings. The molecule has 0 saturated carbocycles. The van der Waals surface area contributed by atoms with Crippen molar-refractivity contribution in [2.75, 3.05) is 13.7 Å². The molecule has 1 aromatic heterocycles. The van der Waals surface area contributed by atoms with Crippen LogP contribution in [0.1, 0.15) is 11.1 Å². The van der Waals surface area contributed by atoms with Gasteiger partial charge < -0.3 is 14.8 Å². The van der Waals surface area contributed by atoms with Gasteiger partial charge in [-0.1, -0.05) is 12.1 Å². The van der Waals surface area contributed by atoms with E-state index in [0.717, 1.165) is 12.0 Å². The summed E-state index contributed by atoms with van der Waals surface area (Å²) in [5, 5.41) is 3.21. The molecule has 0 radical (unpaired) electrons. The molecule has 0 bridgehead atoms. The van der Waals surface area contributed by atoms with E-state index in [9.17, 15) is 8.78 Å². The highest BCUT2D eigenvalue weighted by atomic mass is 19.1. The standard InChI is InChI=1S/C21H20F2N2O2/c1-26-21-20(23)16(11-13-25-21)14-24-12-10-15-2-6-18(7-3-15)27-19-8-4-17(22)5-9-19/h2-9,11,13,24H,10,12,14H2,1H3. The summed E-state index contributed by atoms with van der Waals surface area (Å²) in [5.74, 6) is 0.543. The Hall–Kier alpha value is -2.99. The third-order valence-electron chi connectivity index (χ3n) is 4.01. The molecule has 6 heteroatoms. The topological polar surface area (TPSA) is 43.4 Å². The first-order valence-corrected chi connectivity index (χ1v) is 8.56. The molecule has 27 heavy (non-hydrogen) atoms. The van der Waals surface area contributed by atoms with Gasteiger partial charge in [0, 0.05) is 18.3 Å². The number of aromatic nitrogens is 1. The van der Waals surface area contributed by atoms with Crippen LogP contribution in [0.2, 0.25) is 0 Å². The number of halogens is 2. The summed E-state index contributed by atoms with van der Waals surface area (Å²) in [7, 11) is 1.39. The van der Waals surface area contributed by atoms with Gasteiger partial charge in [-0.3, -0.25) is 0 Å². The SMILES string of the molecule is COc1nccc(CNCCc2ccc(Oc3ccc(F)cc3)cc2)c1F. The lowest BCUT2D eigenvalue weighted by atomic mass is 10.1. The second-order valence-electron chi connectivity index (χ2n) is 5.92. The zero-order chi connectivity index (χ0) is 19.1. The Morgan fingerprint density at radius 1 is 0.926 bits per heavy atom. The molecule has 0 aliphatic rings. The summed E-state index contributed by atoms with van der Waals surface area (Å²) in [5.41, 5.74) is 1.65. The van der Waals surface area contributed by atoms with Crippen LogP contribution in [0.4, 0.5) is 8.78 Å². The lowest BCUT2D eigenvalue weighted by molar-refractivity contribution is 0.366. The molecule has 140 valence electrons. The van der Waals surface area contributed by atoms with Crippen molar-refractivity contribution in [2.24, 2.45) is 0 Å². The fourth-order valence-electron chi connectivity index (χ4n) is 2.56. The molecule has 0 saturated heterocycles. The zero-order valence-electron chi connectivity index (χ0n) is 14.9. The van der Waals surface area contributed by atoms with E-state index in [1.807, 2.05) is 24.3 Å². The Balaban J connectivity index is 1.47. The maximum absolute atomic E-state index is 14.0. The van der Waals surface area contributed by atoms with E-state index in [1.165, 1.54) is 25.4 Å². The van der Waals surface area contributed by atoms with Crippen molar-refractivity contribution in [1.29, 1.82) is 0 Å². The lowest BCUT2D eigenvalue weighted by Gasteiger charge is -2.09. The van der Waals surface area contributed by atoms with Gasteiger partial charge in [-0.2, -0.15) is 0 Å². The average molecular weight is 370 g/mol. The van der Waals surface area contributed by atoms with E-state index in [4.69, 9.17) is 9.47 Å². The van der Waals surface area contributed by atoms with Crippen LogP contribution in [-0.2, 0) is 13.0 Å². The summed E-state index contributed by atoms with van der Waals surface area (Å²) < 4.78 is 37.5. The minimum absolute atomic E-state index is 0.00560. The van der Waals surface area contributed by atoms with Gasteiger partial charge in [0.1, 0.15) is 17.3 Å². The molecule has 1 heterocycles. The van der Waals surface area contributed by atoms with Crippen LogP contribution in [0.5, 0.6) is 17.4 Å². The van der Waals surface area contributed by atoms with Crippen molar-refractivity contribution in [2.45, 2.75) is 13.0 Å². The summed E-state index contributed by atoms with van der Waals surface area (Å²) in [6.07, 6.45) is 2.32. The highest BCUT2D eigenvalue weighted by Crippen LogP contribution is 2.22. The van der Waals surface area contributed by atoms with Crippen LogP contribution >= 0.6 is 0 Å². The summed E-state index contributed by atoms with van der Waals surface area (Å²) in [4.78, 5) is 3.82. The Labute approximate surface area is 156 Å². The van der Waals surface area contributed by atoms with Gasteiger partial charge in [0.2, 0.25) is 5.88 Å². The number of pyridine rings is 1. The van der Waals surface area contributed by atoms with Crippen LogP contribution in [-0.4, -0.2) is 18.6 Å². The van der Waals surface area contributed by atoms with Crippen LogP contribution in [0.25, 0.3) is 0 Å². The quantitative estimate of drug-likeness (QED) is 0.593. The van der Waals surface area contributed by atoms with Gasteiger partial charge >= 0.3 is 0 Å². The molecule has 4 nitrogen and oxygen atoms in total. The van der Waals surface area contributed by atoms with Gasteiger partial charge in [0.15, 0.2) is 5.82 Å². The molecule has 0 spiro atoms. The molecule has 0 unspecified atom stereocenters. The molecule has 0 aliphatic carbocycles. The predicted octanol–water partition coefficient (Wildman–Crippen LogP) is 4.49. The number of nitrogens with zero attached hydrogens (tertiary/aromatic N) is 1. The molecule has 0 atom stereocenters. The predicted molar refractivity (Wildman–Crippen MR) is 99.1 cm³/mol. The van der Waals surface area contributed by atoms with Gasteiger partial charge in [-0.15, -0.1) is 0 Å². The first-order valence-electron chi connectivity index (χ1n) is 8.56. The Morgan fingerprint density at radius 2 is 1.59 bits per heavy atom. The van der Waals surface area contributed by atoms with E-state index in [0.29, 0.717) is 30.2 Å². The third kappa shape index (κ3) is 5.24. The number of methoxy groups -OCH3 is 1. The van der Waals surface area contributed by atoms with Gasteiger partial charge in [-0.25, -0.2) is 13.8 Å². The molecule has 0 fully saturated rings. The number of ether oxygens (including phenoxy) is 2. The van der Waals surface area contributed by atoms with Crippen molar-refractivity contribution in [3.05, 3.63) is 83.6 Å². The van der Waals surface area contributed by atoms with Crippen molar-refractivity contribution in [3.63, 3.8) is 0 Å².